The summed E-state index contributed by atoms with van der Waals surface area (Å²) in [5.41, 5.74) is -0.129. The molecule has 0 aromatic carbocycles. The molecule has 2 amide bonds. The largest absolute Gasteiger partial charge is 0.456 e. The highest BCUT2D eigenvalue weighted by atomic mass is 35.6. The van der Waals surface area contributed by atoms with E-state index in [0.29, 0.717) is 6.29 Å². The lowest BCUT2D eigenvalue weighted by atomic mass is 10.0. The summed E-state index contributed by atoms with van der Waals surface area (Å²) in [7, 11) is -1.84. The summed E-state index contributed by atoms with van der Waals surface area (Å²) in [6.07, 6.45) is 0.415. The molecule has 1 N–H and O–H groups in total. The van der Waals surface area contributed by atoms with E-state index < -0.39 is 55.6 Å². The zero-order valence-corrected chi connectivity index (χ0v) is 16.0. The summed E-state index contributed by atoms with van der Waals surface area (Å²) in [5.74, 6) is -2.14. The molecule has 12 heteroatoms. The van der Waals surface area contributed by atoms with E-state index >= 15 is 0 Å². The van der Waals surface area contributed by atoms with Gasteiger partial charge in [-0.3, -0.25) is 18.7 Å². The maximum absolute atomic E-state index is 12.5. The van der Waals surface area contributed by atoms with Crippen LogP contribution in [0.3, 0.4) is 0 Å². The van der Waals surface area contributed by atoms with Gasteiger partial charge in [-0.2, -0.15) is 0 Å². The molecule has 0 radical (unpaired) electrons. The van der Waals surface area contributed by atoms with Crippen LogP contribution in [0.15, 0.2) is 11.3 Å². The first-order valence-corrected chi connectivity index (χ1v) is 9.30. The molecular formula is C13H13Cl3N2O6S. The monoisotopic (exact) mass is 430 g/mol. The zero-order chi connectivity index (χ0) is 19.1. The molecule has 0 aromatic rings. The number of hydrogen-bond acceptors (Lipinski definition) is 6. The third kappa shape index (κ3) is 3.84. The zero-order valence-electron chi connectivity index (χ0n) is 13.0. The molecule has 2 aliphatic heterocycles. The van der Waals surface area contributed by atoms with Crippen LogP contribution in [0.4, 0.5) is 0 Å². The van der Waals surface area contributed by atoms with Gasteiger partial charge in [0.05, 0.1) is 10.8 Å². The number of β-lactam (4-membered cyclic amide) rings is 1. The molecule has 2 rings (SSSR count). The Bertz CT molecular complexity index is 704. The number of halogens is 3. The van der Waals surface area contributed by atoms with Crippen molar-refractivity contribution in [2.24, 2.45) is 0 Å². The summed E-state index contributed by atoms with van der Waals surface area (Å²) in [4.78, 5) is 48.1. The molecule has 8 nitrogen and oxygen atoms in total. The van der Waals surface area contributed by atoms with E-state index in [0.717, 1.165) is 4.90 Å². The fraction of sp³-hybridized carbons (Fsp3) is 0.538. The maximum atomic E-state index is 12.5. The van der Waals surface area contributed by atoms with Crippen molar-refractivity contribution < 1.29 is 28.1 Å². The van der Waals surface area contributed by atoms with Crippen LogP contribution < -0.4 is 5.32 Å². The molecule has 0 aromatic heterocycles. The van der Waals surface area contributed by atoms with Gasteiger partial charge >= 0.3 is 5.97 Å². The molecular weight excluding hydrogens is 419 g/mol. The Balaban J connectivity index is 2.37. The second-order valence-corrected chi connectivity index (χ2v) is 9.55. The molecule has 1 saturated heterocycles. The van der Waals surface area contributed by atoms with E-state index in [4.69, 9.17) is 39.5 Å². The molecule has 2 aliphatic rings. The van der Waals surface area contributed by atoms with Crippen LogP contribution in [0.5, 0.6) is 0 Å². The van der Waals surface area contributed by atoms with Gasteiger partial charge in [-0.15, -0.1) is 0 Å². The van der Waals surface area contributed by atoms with Gasteiger partial charge in [0.2, 0.25) is 9.70 Å². The lowest BCUT2D eigenvalue weighted by Gasteiger charge is -2.50. The van der Waals surface area contributed by atoms with Gasteiger partial charge in [0.15, 0.2) is 0 Å². The number of rotatable bonds is 4. The number of nitrogens with one attached hydrogen (secondary N) is 1. The number of fused-ring (bicyclic) bond motifs is 1. The van der Waals surface area contributed by atoms with Gasteiger partial charge in [-0.05, 0) is 12.5 Å². The van der Waals surface area contributed by atoms with Gasteiger partial charge in [-0.1, -0.05) is 34.8 Å². The number of esters is 1. The minimum absolute atomic E-state index is 0.105. The number of carbonyl (C=O) groups excluding carboxylic acids is 4. The van der Waals surface area contributed by atoms with E-state index in [2.05, 4.69) is 5.32 Å². The molecule has 2 heterocycles. The summed E-state index contributed by atoms with van der Waals surface area (Å²) >= 11 is 16.6. The number of alkyl halides is 3. The molecule has 0 bridgehead atoms. The lowest BCUT2D eigenvalue weighted by molar-refractivity contribution is -0.153. The number of hydrogen-bond donors (Lipinski definition) is 1. The number of ether oxygens (including phenoxy) is 1. The van der Waals surface area contributed by atoms with Crippen molar-refractivity contribution in [1.82, 2.24) is 10.2 Å². The Kier molecular flexibility index (Phi) is 5.82. The van der Waals surface area contributed by atoms with Crippen molar-refractivity contribution in [3.05, 3.63) is 11.3 Å². The predicted molar refractivity (Wildman–Crippen MR) is 90.2 cm³/mol. The number of aldehydes is 1. The minimum atomic E-state index is -1.86. The molecule has 25 heavy (non-hydrogen) atoms. The van der Waals surface area contributed by atoms with Crippen molar-refractivity contribution in [3.8, 4) is 0 Å². The third-order valence-electron chi connectivity index (χ3n) is 3.62. The van der Waals surface area contributed by atoms with Gasteiger partial charge < -0.3 is 14.8 Å². The van der Waals surface area contributed by atoms with E-state index in [1.54, 1.807) is 0 Å². The molecule has 1 fully saturated rings. The van der Waals surface area contributed by atoms with Crippen LogP contribution in [0.2, 0.25) is 0 Å². The first-order valence-electron chi connectivity index (χ1n) is 6.89. The van der Waals surface area contributed by atoms with Gasteiger partial charge in [0.25, 0.3) is 5.91 Å². The standard InChI is InChI=1S/C13H13Cl3N2O6S/c1-5-7(3-19)25(23)11-8(17-6(2)20)10(21)18(11)9(5)12(22)24-4-13(14,15)16/h3,7-8,11H,4H2,1-2H3,(H,17,20)/t7?,8?,11-,25?/m0/s1. The Morgan fingerprint density at radius 3 is 2.48 bits per heavy atom. The first-order chi connectivity index (χ1) is 11.5. The van der Waals surface area contributed by atoms with Crippen LogP contribution in [-0.2, 0) is 34.7 Å². The molecule has 0 saturated carbocycles. The van der Waals surface area contributed by atoms with Crippen LogP contribution >= 0.6 is 34.8 Å². The normalized spacial score (nSPS) is 28.8. The van der Waals surface area contributed by atoms with Crippen molar-refractivity contribution >= 4 is 69.7 Å². The van der Waals surface area contributed by atoms with E-state index in [1.807, 2.05) is 0 Å². The van der Waals surface area contributed by atoms with Gasteiger partial charge in [-0.25, -0.2) is 4.79 Å². The fourth-order valence-corrected chi connectivity index (χ4v) is 4.48. The fourth-order valence-electron chi connectivity index (χ4n) is 2.57. The smallest absolute Gasteiger partial charge is 0.355 e. The first kappa shape index (κ1) is 20.2. The van der Waals surface area contributed by atoms with Crippen LogP contribution in [0.25, 0.3) is 0 Å². The van der Waals surface area contributed by atoms with Crippen molar-refractivity contribution in [1.29, 1.82) is 0 Å². The molecule has 0 spiro atoms. The van der Waals surface area contributed by atoms with Crippen LogP contribution in [0.1, 0.15) is 13.8 Å². The highest BCUT2D eigenvalue weighted by Crippen LogP contribution is 2.38. The summed E-state index contributed by atoms with van der Waals surface area (Å²) in [6, 6.07) is -1.09. The highest BCUT2D eigenvalue weighted by Gasteiger charge is 2.59. The quantitative estimate of drug-likeness (QED) is 0.294. The van der Waals surface area contributed by atoms with E-state index in [-0.39, 0.29) is 11.3 Å². The van der Waals surface area contributed by atoms with Crippen molar-refractivity contribution in [3.63, 3.8) is 0 Å². The average Bonchev–Trinajstić information content (AvgIpc) is 2.49. The Morgan fingerprint density at radius 1 is 1.40 bits per heavy atom. The molecule has 0 aliphatic carbocycles. The van der Waals surface area contributed by atoms with Gasteiger partial charge in [0, 0.05) is 6.92 Å². The summed E-state index contributed by atoms with van der Waals surface area (Å²) < 4.78 is 15.6. The molecule has 138 valence electrons. The lowest BCUT2D eigenvalue weighted by Crippen LogP contribution is -2.74. The number of nitrogens with zero attached hydrogens (tertiary/aromatic N) is 1. The Labute approximate surface area is 160 Å². The average molecular weight is 432 g/mol. The second-order valence-electron chi connectivity index (χ2n) is 5.39. The van der Waals surface area contributed by atoms with Crippen molar-refractivity contribution in [2.75, 3.05) is 6.61 Å². The minimum Gasteiger partial charge on any atom is -0.456 e. The van der Waals surface area contributed by atoms with E-state index in [1.165, 1.54) is 13.8 Å². The van der Waals surface area contributed by atoms with E-state index in [9.17, 15) is 23.4 Å². The van der Waals surface area contributed by atoms with Crippen molar-refractivity contribution in [2.45, 2.75) is 34.3 Å². The highest BCUT2D eigenvalue weighted by molar-refractivity contribution is 7.87. The Hall–Kier alpha value is -1.16. The molecule has 4 atom stereocenters. The summed E-state index contributed by atoms with van der Waals surface area (Å²) in [5, 5.41) is 0.182. The second kappa shape index (κ2) is 7.22. The van der Waals surface area contributed by atoms with Gasteiger partial charge in [0.1, 0.15) is 35.3 Å². The summed E-state index contributed by atoms with van der Waals surface area (Å²) in [6.45, 7) is 2.00. The van der Waals surface area contributed by atoms with Crippen LogP contribution in [0, 0.1) is 0 Å². The predicted octanol–water partition coefficient (Wildman–Crippen LogP) is 0.177. The molecule has 3 unspecified atom stereocenters. The maximum Gasteiger partial charge on any atom is 0.355 e. The Morgan fingerprint density at radius 2 is 2.00 bits per heavy atom. The SMILES string of the molecule is CC(=O)NC1C(=O)N2C(C(=O)OCC(Cl)(Cl)Cl)=C(C)C(C=O)S(=O)[C@@H]12. The third-order valence-corrected chi connectivity index (χ3v) is 5.87. The topological polar surface area (TPSA) is 110 Å². The number of carbonyl (C=O) groups is 4. The van der Waals surface area contributed by atoms with Crippen LogP contribution in [-0.4, -0.2) is 60.2 Å². The number of amides is 2.